The Kier molecular flexibility index (Phi) is 8.76. The zero-order chi connectivity index (χ0) is 25.9. The lowest BCUT2D eigenvalue weighted by atomic mass is 9.82. The molecule has 2 saturated heterocycles. The molecule has 2 fully saturated rings. The lowest BCUT2D eigenvalue weighted by Crippen LogP contribution is -2.61. The quantitative estimate of drug-likeness (QED) is 0.582. The highest BCUT2D eigenvalue weighted by Gasteiger charge is 2.41. The number of likely N-dealkylation sites (tertiary alicyclic amines) is 1. The van der Waals surface area contributed by atoms with Crippen LogP contribution < -0.4 is 5.73 Å². The fraction of sp³-hybridized carbons (Fsp3) is 0.643. The average molecular weight is 516 g/mol. The number of allylic oxidation sites excluding steroid dienone is 3. The maximum atomic E-state index is 11.5. The van der Waals surface area contributed by atoms with Gasteiger partial charge in [-0.3, -0.25) is 14.8 Å². The third kappa shape index (κ3) is 6.49. The monoisotopic (exact) mass is 515 g/mol. The first-order chi connectivity index (χ1) is 17.1. The molecule has 198 valence electrons. The molecule has 1 aliphatic carbocycles. The molecule has 3 N–H and O–H groups in total. The smallest absolute Gasteiger partial charge is 0.314 e. The SMILES string of the molecule is CC(C)(C)C1CN(C(C2=CC=C(Cl)CC2)c2ccccn2)CCN1C(O)CC1CCN(C(N)=O)CC1. The number of halogens is 1. The zero-order valence-corrected chi connectivity index (χ0v) is 22.7. The number of hydrogen-bond acceptors (Lipinski definition) is 5. The molecule has 2 amide bonds. The zero-order valence-electron chi connectivity index (χ0n) is 21.9. The molecule has 3 atom stereocenters. The summed E-state index contributed by atoms with van der Waals surface area (Å²) < 4.78 is 0. The summed E-state index contributed by atoms with van der Waals surface area (Å²) in [5.41, 5.74) is 7.85. The third-order valence-corrected chi connectivity index (χ3v) is 8.44. The number of aliphatic hydroxyl groups is 1. The Morgan fingerprint density at radius 1 is 1.17 bits per heavy atom. The molecule has 3 aliphatic rings. The van der Waals surface area contributed by atoms with Crippen LogP contribution in [0.25, 0.3) is 0 Å². The van der Waals surface area contributed by atoms with Crippen molar-refractivity contribution in [2.45, 2.75) is 71.2 Å². The average Bonchev–Trinajstić information content (AvgIpc) is 2.86. The fourth-order valence-corrected chi connectivity index (χ4v) is 6.17. The second kappa shape index (κ2) is 11.6. The van der Waals surface area contributed by atoms with Crippen molar-refractivity contribution < 1.29 is 9.90 Å². The van der Waals surface area contributed by atoms with Gasteiger partial charge in [-0.05, 0) is 67.2 Å². The van der Waals surface area contributed by atoms with Crippen LogP contribution in [0.15, 0.2) is 47.2 Å². The molecule has 8 heteroatoms. The maximum absolute atomic E-state index is 11.5. The van der Waals surface area contributed by atoms with Crippen LogP contribution in [-0.4, -0.2) is 75.8 Å². The minimum absolute atomic E-state index is 0.00614. The lowest BCUT2D eigenvalue weighted by Gasteiger charge is -2.51. The molecule has 0 saturated carbocycles. The number of hydrogen-bond donors (Lipinski definition) is 2. The second-order valence-corrected chi connectivity index (χ2v) is 12.1. The van der Waals surface area contributed by atoms with E-state index < -0.39 is 6.23 Å². The molecule has 4 rings (SSSR count). The Balaban J connectivity index is 1.50. The standard InChI is InChI=1S/C28H42ClN5O2/c1-28(2,3)24-19-33(26(23-6-4-5-13-31-23)21-7-9-22(29)10-8-21)16-17-34(24)25(35)18-20-11-14-32(15-12-20)27(30)36/h4-7,9,13,20,24-26,35H,8,10-12,14-19H2,1-3H3,(H2,30,36). The Morgan fingerprint density at radius 3 is 2.50 bits per heavy atom. The number of urea groups is 1. The molecule has 7 nitrogen and oxygen atoms in total. The van der Waals surface area contributed by atoms with Gasteiger partial charge in [0.05, 0.1) is 11.7 Å². The molecule has 36 heavy (non-hydrogen) atoms. The molecule has 1 aromatic heterocycles. The van der Waals surface area contributed by atoms with E-state index in [0.29, 0.717) is 19.0 Å². The van der Waals surface area contributed by atoms with E-state index >= 15 is 0 Å². The number of rotatable bonds is 6. The van der Waals surface area contributed by atoms with Crippen molar-refractivity contribution in [1.29, 1.82) is 0 Å². The van der Waals surface area contributed by atoms with Gasteiger partial charge in [-0.15, -0.1) is 0 Å². The molecular formula is C28H42ClN5O2. The summed E-state index contributed by atoms with van der Waals surface area (Å²) in [6, 6.07) is 6.11. The van der Waals surface area contributed by atoms with E-state index in [1.165, 1.54) is 5.57 Å². The maximum Gasteiger partial charge on any atom is 0.314 e. The number of primary amides is 1. The van der Waals surface area contributed by atoms with Gasteiger partial charge in [0.1, 0.15) is 6.23 Å². The number of nitrogens with zero attached hydrogens (tertiary/aromatic N) is 4. The van der Waals surface area contributed by atoms with Crippen LogP contribution in [0.4, 0.5) is 4.79 Å². The molecule has 3 unspecified atom stereocenters. The molecule has 0 aromatic carbocycles. The first kappa shape index (κ1) is 27.1. The van der Waals surface area contributed by atoms with Crippen LogP contribution >= 0.6 is 11.6 Å². The number of carbonyl (C=O) groups is 1. The van der Waals surface area contributed by atoms with Crippen LogP contribution in [0.3, 0.4) is 0 Å². The number of piperidine rings is 1. The number of nitrogens with two attached hydrogens (primary N) is 1. The topological polar surface area (TPSA) is 85.9 Å². The predicted molar refractivity (Wildman–Crippen MR) is 144 cm³/mol. The summed E-state index contributed by atoms with van der Waals surface area (Å²) in [6.07, 6.45) is 9.91. The summed E-state index contributed by atoms with van der Waals surface area (Å²) in [7, 11) is 0. The van der Waals surface area contributed by atoms with E-state index in [1.54, 1.807) is 4.90 Å². The van der Waals surface area contributed by atoms with Crippen LogP contribution in [0.1, 0.15) is 64.6 Å². The number of pyridine rings is 1. The van der Waals surface area contributed by atoms with E-state index in [2.05, 4.69) is 48.8 Å². The number of amides is 2. The largest absolute Gasteiger partial charge is 0.378 e. The van der Waals surface area contributed by atoms with Gasteiger partial charge in [0, 0.05) is 50.0 Å². The Hall–Kier alpha value is -1.93. The number of aromatic nitrogens is 1. The van der Waals surface area contributed by atoms with E-state index in [9.17, 15) is 9.90 Å². The van der Waals surface area contributed by atoms with Gasteiger partial charge >= 0.3 is 6.03 Å². The van der Waals surface area contributed by atoms with Crippen molar-refractivity contribution >= 4 is 17.6 Å². The molecule has 0 radical (unpaired) electrons. The molecule has 1 aromatic rings. The van der Waals surface area contributed by atoms with Gasteiger partial charge in [0.25, 0.3) is 0 Å². The van der Waals surface area contributed by atoms with E-state index in [4.69, 9.17) is 22.3 Å². The molecular weight excluding hydrogens is 474 g/mol. The van der Waals surface area contributed by atoms with E-state index in [0.717, 1.165) is 62.5 Å². The first-order valence-electron chi connectivity index (χ1n) is 13.3. The number of carbonyl (C=O) groups excluding carboxylic acids is 1. The minimum Gasteiger partial charge on any atom is -0.378 e. The van der Waals surface area contributed by atoms with Gasteiger partial charge in [-0.2, -0.15) is 0 Å². The highest BCUT2D eigenvalue weighted by Crippen LogP contribution is 2.39. The molecule has 0 bridgehead atoms. The van der Waals surface area contributed by atoms with Crippen LogP contribution in [0.5, 0.6) is 0 Å². The van der Waals surface area contributed by atoms with E-state index in [1.807, 2.05) is 18.3 Å². The number of piperazine rings is 1. The van der Waals surface area contributed by atoms with Crippen molar-refractivity contribution in [2.24, 2.45) is 17.1 Å². The summed E-state index contributed by atoms with van der Waals surface area (Å²) in [5.74, 6) is 0.402. The fourth-order valence-electron chi connectivity index (χ4n) is 6.01. The van der Waals surface area contributed by atoms with Gasteiger partial charge < -0.3 is 15.7 Å². The third-order valence-electron chi connectivity index (χ3n) is 8.12. The highest BCUT2D eigenvalue weighted by atomic mass is 35.5. The lowest BCUT2D eigenvalue weighted by molar-refractivity contribution is -0.104. The van der Waals surface area contributed by atoms with Crippen molar-refractivity contribution in [3.63, 3.8) is 0 Å². The summed E-state index contributed by atoms with van der Waals surface area (Å²) >= 11 is 6.29. The van der Waals surface area contributed by atoms with Crippen molar-refractivity contribution in [3.05, 3.63) is 52.8 Å². The summed E-state index contributed by atoms with van der Waals surface area (Å²) in [6.45, 7) is 10.7. The number of aliphatic hydroxyl groups excluding tert-OH is 1. The minimum atomic E-state index is -0.495. The van der Waals surface area contributed by atoms with Crippen molar-refractivity contribution in [1.82, 2.24) is 19.7 Å². The van der Waals surface area contributed by atoms with Crippen molar-refractivity contribution in [3.8, 4) is 0 Å². The predicted octanol–water partition coefficient (Wildman–Crippen LogP) is 4.50. The Bertz CT molecular complexity index is 952. The molecule has 2 aliphatic heterocycles. The van der Waals surface area contributed by atoms with Gasteiger partial charge in [0.2, 0.25) is 0 Å². The molecule has 3 heterocycles. The van der Waals surface area contributed by atoms with Gasteiger partial charge in [-0.25, -0.2) is 4.79 Å². The normalized spacial score (nSPS) is 24.7. The van der Waals surface area contributed by atoms with Crippen molar-refractivity contribution in [2.75, 3.05) is 32.7 Å². The highest BCUT2D eigenvalue weighted by molar-refractivity contribution is 6.29. The summed E-state index contributed by atoms with van der Waals surface area (Å²) in [5, 5.41) is 12.3. The second-order valence-electron chi connectivity index (χ2n) is 11.6. The van der Waals surface area contributed by atoms with Gasteiger partial charge in [0.15, 0.2) is 0 Å². The summed E-state index contributed by atoms with van der Waals surface area (Å²) in [4.78, 5) is 22.8. The van der Waals surface area contributed by atoms with Crippen LogP contribution in [0, 0.1) is 11.3 Å². The van der Waals surface area contributed by atoms with Crippen LogP contribution in [0.2, 0.25) is 0 Å². The first-order valence-corrected chi connectivity index (χ1v) is 13.7. The Labute approximate surface area is 221 Å². The van der Waals surface area contributed by atoms with E-state index in [-0.39, 0.29) is 23.5 Å². The van der Waals surface area contributed by atoms with Crippen LogP contribution in [-0.2, 0) is 0 Å². The van der Waals surface area contributed by atoms with Gasteiger partial charge in [-0.1, -0.05) is 44.5 Å². The Morgan fingerprint density at radius 2 is 1.92 bits per heavy atom. The molecule has 0 spiro atoms.